The Hall–Kier alpha value is -0.730. The van der Waals surface area contributed by atoms with E-state index in [1.54, 1.807) is 7.11 Å². The zero-order valence-electron chi connectivity index (χ0n) is 10.4. The van der Waals surface area contributed by atoms with Crippen LogP contribution in [0.15, 0.2) is 28.7 Å². The number of benzene rings is 1. The van der Waals surface area contributed by atoms with Crippen molar-refractivity contribution in [1.29, 1.82) is 0 Å². The summed E-state index contributed by atoms with van der Waals surface area (Å²) in [6, 6.07) is 8.07. The van der Waals surface area contributed by atoms with Crippen molar-refractivity contribution in [3.05, 3.63) is 49.4 Å². The van der Waals surface area contributed by atoms with Crippen LogP contribution in [0.5, 0.6) is 0 Å². The Kier molecular flexibility index (Phi) is 5.12. The van der Waals surface area contributed by atoms with Crippen LogP contribution in [0.25, 0.3) is 0 Å². The normalized spacial score (nSPS) is 10.7. The van der Waals surface area contributed by atoms with Crippen LogP contribution >= 0.6 is 38.5 Å². The highest BCUT2D eigenvalue weighted by Crippen LogP contribution is 2.19. The molecule has 0 saturated carbocycles. The van der Waals surface area contributed by atoms with E-state index in [1.807, 2.05) is 24.3 Å². The van der Waals surface area contributed by atoms with Gasteiger partial charge in [0.25, 0.3) is 0 Å². The zero-order valence-corrected chi connectivity index (χ0v) is 14.1. The largest absolute Gasteiger partial charge is 0.383 e. The van der Waals surface area contributed by atoms with Gasteiger partial charge in [-0.1, -0.05) is 28.1 Å². The van der Waals surface area contributed by atoms with Crippen molar-refractivity contribution >= 4 is 44.3 Å². The van der Waals surface area contributed by atoms with Crippen LogP contribution in [0.4, 0.5) is 5.82 Å². The standard InChI is InChI=1S/C13H13BrIN3O/c1-19-7-10-12(15)13(16)18-11(17-10)6-8-3-2-4-9(14)5-8/h2-5H,6-7H2,1H3,(H2,16,17,18). The summed E-state index contributed by atoms with van der Waals surface area (Å²) < 4.78 is 7.03. The van der Waals surface area contributed by atoms with Gasteiger partial charge in [-0.3, -0.25) is 0 Å². The van der Waals surface area contributed by atoms with Gasteiger partial charge >= 0.3 is 0 Å². The Morgan fingerprint density at radius 2 is 2.16 bits per heavy atom. The van der Waals surface area contributed by atoms with Crippen LogP contribution in [0, 0.1) is 3.57 Å². The summed E-state index contributed by atoms with van der Waals surface area (Å²) in [7, 11) is 1.64. The quantitative estimate of drug-likeness (QED) is 0.752. The predicted octanol–water partition coefficient (Wildman–Crippen LogP) is 3.16. The lowest BCUT2D eigenvalue weighted by molar-refractivity contribution is 0.180. The highest BCUT2D eigenvalue weighted by atomic mass is 127. The third-order valence-electron chi connectivity index (χ3n) is 2.52. The number of anilines is 1. The van der Waals surface area contributed by atoms with Gasteiger partial charge < -0.3 is 10.5 Å². The maximum absolute atomic E-state index is 5.91. The molecule has 0 saturated heterocycles. The maximum atomic E-state index is 5.91. The van der Waals surface area contributed by atoms with Gasteiger partial charge in [-0.2, -0.15) is 0 Å². The molecule has 2 N–H and O–H groups in total. The van der Waals surface area contributed by atoms with Crippen molar-refractivity contribution in [2.45, 2.75) is 13.0 Å². The van der Waals surface area contributed by atoms with Crippen LogP contribution in [0.2, 0.25) is 0 Å². The molecule has 0 aliphatic heterocycles. The second kappa shape index (κ2) is 6.62. The number of nitrogens with zero attached hydrogens (tertiary/aromatic N) is 2. The van der Waals surface area contributed by atoms with Crippen molar-refractivity contribution in [3.63, 3.8) is 0 Å². The van der Waals surface area contributed by atoms with E-state index in [2.05, 4.69) is 48.5 Å². The lowest BCUT2D eigenvalue weighted by Crippen LogP contribution is -2.08. The van der Waals surface area contributed by atoms with Gasteiger partial charge in [-0.15, -0.1) is 0 Å². The summed E-state index contributed by atoms with van der Waals surface area (Å²) in [6.45, 7) is 0.441. The maximum Gasteiger partial charge on any atom is 0.141 e. The molecule has 100 valence electrons. The van der Waals surface area contributed by atoms with E-state index in [0.717, 1.165) is 19.3 Å². The molecule has 2 rings (SSSR count). The Morgan fingerprint density at radius 1 is 1.37 bits per heavy atom. The Labute approximate surface area is 134 Å². The number of hydrogen-bond donors (Lipinski definition) is 1. The average Bonchev–Trinajstić information content (AvgIpc) is 2.35. The minimum atomic E-state index is 0.441. The molecule has 6 heteroatoms. The topological polar surface area (TPSA) is 61.0 Å². The molecule has 0 radical (unpaired) electrons. The van der Waals surface area contributed by atoms with Crippen LogP contribution in [-0.2, 0) is 17.8 Å². The first kappa shape index (κ1) is 14.7. The molecule has 0 spiro atoms. The number of nitrogens with two attached hydrogens (primary N) is 1. The summed E-state index contributed by atoms with van der Waals surface area (Å²) in [6.07, 6.45) is 0.650. The number of hydrogen-bond acceptors (Lipinski definition) is 4. The monoisotopic (exact) mass is 433 g/mol. The number of nitrogen functional groups attached to an aromatic ring is 1. The van der Waals surface area contributed by atoms with Crippen molar-refractivity contribution in [2.75, 3.05) is 12.8 Å². The molecule has 0 unspecified atom stereocenters. The molecule has 1 heterocycles. The Morgan fingerprint density at radius 3 is 2.84 bits per heavy atom. The molecule has 0 fully saturated rings. The smallest absolute Gasteiger partial charge is 0.141 e. The third kappa shape index (κ3) is 3.87. The molecule has 0 bridgehead atoms. The highest BCUT2D eigenvalue weighted by Gasteiger charge is 2.10. The van der Waals surface area contributed by atoms with Crippen molar-refractivity contribution in [2.24, 2.45) is 0 Å². The molecule has 4 nitrogen and oxygen atoms in total. The van der Waals surface area contributed by atoms with Crippen LogP contribution in [0.3, 0.4) is 0 Å². The highest BCUT2D eigenvalue weighted by molar-refractivity contribution is 14.1. The van der Waals surface area contributed by atoms with E-state index in [1.165, 1.54) is 0 Å². The molecule has 2 aromatic rings. The minimum absolute atomic E-state index is 0.441. The fourth-order valence-electron chi connectivity index (χ4n) is 1.71. The van der Waals surface area contributed by atoms with Crippen LogP contribution in [0.1, 0.15) is 17.1 Å². The fraction of sp³-hybridized carbons (Fsp3) is 0.231. The lowest BCUT2D eigenvalue weighted by atomic mass is 10.1. The Balaban J connectivity index is 2.30. The number of ether oxygens (including phenoxy) is 1. The van der Waals surface area contributed by atoms with Gasteiger partial charge in [0.05, 0.1) is 15.9 Å². The first-order valence-corrected chi connectivity index (χ1v) is 7.51. The molecule has 0 aliphatic carbocycles. The van der Waals surface area contributed by atoms with E-state index in [4.69, 9.17) is 10.5 Å². The lowest BCUT2D eigenvalue weighted by Gasteiger charge is -2.08. The molecular formula is C13H13BrIN3O. The van der Waals surface area contributed by atoms with Crippen molar-refractivity contribution < 1.29 is 4.74 Å². The van der Waals surface area contributed by atoms with Crippen molar-refractivity contribution in [1.82, 2.24) is 9.97 Å². The summed E-state index contributed by atoms with van der Waals surface area (Å²) in [4.78, 5) is 8.84. The third-order valence-corrected chi connectivity index (χ3v) is 4.19. The number of aromatic nitrogens is 2. The van der Waals surface area contributed by atoms with Crippen LogP contribution in [-0.4, -0.2) is 17.1 Å². The molecule has 0 aliphatic rings. The predicted molar refractivity (Wildman–Crippen MR) is 86.8 cm³/mol. The van der Waals surface area contributed by atoms with Gasteiger partial charge in [-0.25, -0.2) is 9.97 Å². The van der Waals surface area contributed by atoms with Gasteiger partial charge in [-0.05, 0) is 40.3 Å². The van der Waals surface area contributed by atoms with E-state index in [-0.39, 0.29) is 0 Å². The second-order valence-corrected chi connectivity index (χ2v) is 6.02. The Bertz CT molecular complexity index is 592. The molecule has 1 aromatic carbocycles. The van der Waals surface area contributed by atoms with Gasteiger partial charge in [0.1, 0.15) is 11.6 Å². The average molecular weight is 434 g/mol. The van der Waals surface area contributed by atoms with Gasteiger partial charge in [0.2, 0.25) is 0 Å². The number of halogens is 2. The van der Waals surface area contributed by atoms with E-state index >= 15 is 0 Å². The fourth-order valence-corrected chi connectivity index (χ4v) is 2.55. The molecule has 0 atom stereocenters. The van der Waals surface area contributed by atoms with E-state index in [0.29, 0.717) is 24.7 Å². The number of rotatable bonds is 4. The first-order valence-electron chi connectivity index (χ1n) is 5.64. The van der Waals surface area contributed by atoms with E-state index in [9.17, 15) is 0 Å². The zero-order chi connectivity index (χ0) is 13.8. The minimum Gasteiger partial charge on any atom is -0.383 e. The summed E-state index contributed by atoms with van der Waals surface area (Å²) in [5.74, 6) is 1.22. The van der Waals surface area contributed by atoms with E-state index < -0.39 is 0 Å². The number of methoxy groups -OCH3 is 1. The molecule has 19 heavy (non-hydrogen) atoms. The summed E-state index contributed by atoms with van der Waals surface area (Å²) in [5.41, 5.74) is 7.88. The summed E-state index contributed by atoms with van der Waals surface area (Å²) >= 11 is 5.60. The van der Waals surface area contributed by atoms with Gasteiger partial charge in [0.15, 0.2) is 0 Å². The van der Waals surface area contributed by atoms with Crippen molar-refractivity contribution in [3.8, 4) is 0 Å². The molecule has 0 amide bonds. The molecular weight excluding hydrogens is 421 g/mol. The first-order chi connectivity index (χ1) is 9.10. The molecule has 1 aromatic heterocycles. The van der Waals surface area contributed by atoms with Crippen LogP contribution < -0.4 is 5.73 Å². The van der Waals surface area contributed by atoms with Gasteiger partial charge in [0, 0.05) is 18.0 Å². The SMILES string of the molecule is COCc1nc(Cc2cccc(Br)c2)nc(N)c1I. The second-order valence-electron chi connectivity index (χ2n) is 4.03. The summed E-state index contributed by atoms with van der Waals surface area (Å²) in [5, 5.41) is 0.